The van der Waals surface area contributed by atoms with Crippen LogP contribution in [0.15, 0.2) is 0 Å². The first-order valence-electron chi connectivity index (χ1n) is 6.40. The second-order valence-corrected chi connectivity index (χ2v) is 6.03. The van der Waals surface area contributed by atoms with Crippen molar-refractivity contribution >= 4 is 11.9 Å². The van der Waals surface area contributed by atoms with Crippen molar-refractivity contribution in [1.29, 1.82) is 0 Å². The standard InChI is InChI=1S/C13H21NO3/c1-4-13(11(16)17)6-5-7-14(13)10(15)9-8-12(9,2)3/h9H,4-8H2,1-3H3,(H,16,17). The molecule has 2 rings (SSSR count). The Labute approximate surface area is 102 Å². The first kappa shape index (κ1) is 12.4. The molecule has 0 radical (unpaired) electrons. The van der Waals surface area contributed by atoms with Crippen molar-refractivity contribution in [3.05, 3.63) is 0 Å². The van der Waals surface area contributed by atoms with Gasteiger partial charge in [0.2, 0.25) is 5.91 Å². The molecule has 2 fully saturated rings. The number of nitrogens with zero attached hydrogens (tertiary/aromatic N) is 1. The molecule has 1 aliphatic heterocycles. The summed E-state index contributed by atoms with van der Waals surface area (Å²) in [4.78, 5) is 25.5. The zero-order chi connectivity index (χ0) is 12.8. The number of carbonyl (C=O) groups excluding carboxylic acids is 1. The zero-order valence-electron chi connectivity index (χ0n) is 10.8. The van der Waals surface area contributed by atoms with E-state index in [1.54, 1.807) is 4.90 Å². The first-order chi connectivity index (χ1) is 7.85. The van der Waals surface area contributed by atoms with Gasteiger partial charge in [-0.1, -0.05) is 20.8 Å². The molecule has 1 N–H and O–H groups in total. The quantitative estimate of drug-likeness (QED) is 0.818. The number of carboxylic acids is 1. The Morgan fingerprint density at radius 3 is 2.41 bits per heavy atom. The van der Waals surface area contributed by atoms with Crippen molar-refractivity contribution < 1.29 is 14.7 Å². The summed E-state index contributed by atoms with van der Waals surface area (Å²) >= 11 is 0. The second-order valence-electron chi connectivity index (χ2n) is 6.03. The fourth-order valence-electron chi connectivity index (χ4n) is 3.02. The largest absolute Gasteiger partial charge is 0.479 e. The van der Waals surface area contributed by atoms with E-state index in [1.807, 2.05) is 6.92 Å². The van der Waals surface area contributed by atoms with Crippen molar-refractivity contribution in [3.8, 4) is 0 Å². The molecule has 4 heteroatoms. The van der Waals surface area contributed by atoms with Gasteiger partial charge in [-0.05, 0) is 31.1 Å². The van der Waals surface area contributed by atoms with Crippen molar-refractivity contribution in [2.24, 2.45) is 11.3 Å². The van der Waals surface area contributed by atoms with Gasteiger partial charge in [0.15, 0.2) is 0 Å². The lowest BCUT2D eigenvalue weighted by Crippen LogP contribution is -2.53. The van der Waals surface area contributed by atoms with Gasteiger partial charge >= 0.3 is 5.97 Å². The van der Waals surface area contributed by atoms with E-state index in [4.69, 9.17) is 0 Å². The van der Waals surface area contributed by atoms with Gasteiger partial charge in [-0.25, -0.2) is 4.79 Å². The number of carbonyl (C=O) groups is 2. The third-order valence-corrected chi connectivity index (χ3v) is 4.55. The van der Waals surface area contributed by atoms with E-state index in [9.17, 15) is 14.7 Å². The minimum absolute atomic E-state index is 0.0332. The topological polar surface area (TPSA) is 57.6 Å². The van der Waals surface area contributed by atoms with E-state index >= 15 is 0 Å². The Balaban J connectivity index is 2.20. The van der Waals surface area contributed by atoms with Gasteiger partial charge in [-0.15, -0.1) is 0 Å². The highest BCUT2D eigenvalue weighted by molar-refractivity contribution is 5.90. The fraction of sp³-hybridized carbons (Fsp3) is 0.846. The lowest BCUT2D eigenvalue weighted by atomic mass is 9.92. The molecule has 0 spiro atoms. The smallest absolute Gasteiger partial charge is 0.329 e. The Hall–Kier alpha value is -1.06. The SMILES string of the molecule is CCC1(C(=O)O)CCCN1C(=O)C1CC1(C)C. The summed E-state index contributed by atoms with van der Waals surface area (Å²) in [5.41, 5.74) is -0.868. The van der Waals surface area contributed by atoms with Crippen LogP contribution in [-0.2, 0) is 9.59 Å². The number of amides is 1. The van der Waals surface area contributed by atoms with Crippen LogP contribution >= 0.6 is 0 Å². The Morgan fingerprint density at radius 2 is 2.00 bits per heavy atom. The van der Waals surface area contributed by atoms with Crippen molar-refractivity contribution in [2.75, 3.05) is 6.54 Å². The zero-order valence-corrected chi connectivity index (χ0v) is 10.8. The molecule has 2 unspecified atom stereocenters. The first-order valence-corrected chi connectivity index (χ1v) is 6.40. The summed E-state index contributed by atoms with van der Waals surface area (Å²) < 4.78 is 0. The van der Waals surface area contributed by atoms with Gasteiger partial charge in [0, 0.05) is 12.5 Å². The number of hydrogen-bond donors (Lipinski definition) is 1. The fourth-order valence-corrected chi connectivity index (χ4v) is 3.02. The Bertz CT molecular complexity index is 364. The number of likely N-dealkylation sites (tertiary alicyclic amines) is 1. The molecule has 2 atom stereocenters. The van der Waals surface area contributed by atoms with Gasteiger partial charge in [-0.3, -0.25) is 4.79 Å². The molecule has 1 saturated heterocycles. The molecule has 17 heavy (non-hydrogen) atoms. The molecule has 4 nitrogen and oxygen atoms in total. The average molecular weight is 239 g/mol. The minimum atomic E-state index is -0.935. The highest BCUT2D eigenvalue weighted by Crippen LogP contribution is 2.53. The molecule has 0 aromatic rings. The molecule has 0 aromatic heterocycles. The summed E-state index contributed by atoms with van der Waals surface area (Å²) in [6.07, 6.45) is 2.79. The predicted octanol–water partition coefficient (Wildman–Crippen LogP) is 1.89. The van der Waals surface area contributed by atoms with Gasteiger partial charge < -0.3 is 10.0 Å². The van der Waals surface area contributed by atoms with Gasteiger partial charge in [0.25, 0.3) is 0 Å². The lowest BCUT2D eigenvalue weighted by molar-refractivity contribution is -0.157. The van der Waals surface area contributed by atoms with Crippen molar-refractivity contribution in [3.63, 3.8) is 0 Å². The monoisotopic (exact) mass is 239 g/mol. The third kappa shape index (κ3) is 1.74. The molecule has 1 saturated carbocycles. The molecular weight excluding hydrogens is 218 g/mol. The maximum Gasteiger partial charge on any atom is 0.329 e. The summed E-state index contributed by atoms with van der Waals surface area (Å²) in [7, 11) is 0. The van der Waals surface area contributed by atoms with E-state index in [2.05, 4.69) is 13.8 Å². The summed E-state index contributed by atoms with van der Waals surface area (Å²) in [6.45, 7) is 6.60. The van der Waals surface area contributed by atoms with Gasteiger partial charge in [0.1, 0.15) is 5.54 Å². The second kappa shape index (κ2) is 3.72. The Morgan fingerprint density at radius 1 is 1.41 bits per heavy atom. The van der Waals surface area contributed by atoms with E-state index in [1.165, 1.54) is 0 Å². The normalized spacial score (nSPS) is 34.8. The van der Waals surface area contributed by atoms with Crippen LogP contribution in [0.3, 0.4) is 0 Å². The van der Waals surface area contributed by atoms with E-state index in [-0.39, 0.29) is 17.2 Å². The molecule has 96 valence electrons. The number of rotatable bonds is 3. The van der Waals surface area contributed by atoms with E-state index in [0.717, 1.165) is 12.8 Å². The predicted molar refractivity (Wildman–Crippen MR) is 63.5 cm³/mol. The molecule has 0 bridgehead atoms. The lowest BCUT2D eigenvalue weighted by Gasteiger charge is -2.34. The number of carboxylic acid groups (broad SMARTS) is 1. The average Bonchev–Trinajstić information content (AvgIpc) is 2.75. The maximum atomic E-state index is 12.4. The third-order valence-electron chi connectivity index (χ3n) is 4.55. The van der Waals surface area contributed by atoms with Crippen LogP contribution in [0.2, 0.25) is 0 Å². The Kier molecular flexibility index (Phi) is 2.71. The summed E-state index contributed by atoms with van der Waals surface area (Å²) in [5.74, 6) is -0.757. The highest BCUT2D eigenvalue weighted by Gasteiger charge is 2.57. The molecular formula is C13H21NO3. The number of hydrogen-bond acceptors (Lipinski definition) is 2. The van der Waals surface area contributed by atoms with Crippen molar-refractivity contribution in [1.82, 2.24) is 4.90 Å². The van der Waals surface area contributed by atoms with Crippen LogP contribution in [0.25, 0.3) is 0 Å². The molecule has 1 heterocycles. The number of aliphatic carboxylic acids is 1. The van der Waals surface area contributed by atoms with E-state index < -0.39 is 11.5 Å². The molecule has 2 aliphatic rings. The van der Waals surface area contributed by atoms with Crippen LogP contribution in [0.1, 0.15) is 46.5 Å². The summed E-state index contributed by atoms with van der Waals surface area (Å²) in [6, 6.07) is 0. The van der Waals surface area contributed by atoms with E-state index in [0.29, 0.717) is 19.4 Å². The van der Waals surface area contributed by atoms with Gasteiger partial charge in [0.05, 0.1) is 0 Å². The van der Waals surface area contributed by atoms with Crippen LogP contribution in [0.4, 0.5) is 0 Å². The van der Waals surface area contributed by atoms with Crippen LogP contribution in [0.5, 0.6) is 0 Å². The maximum absolute atomic E-state index is 12.4. The van der Waals surface area contributed by atoms with Gasteiger partial charge in [-0.2, -0.15) is 0 Å². The van der Waals surface area contributed by atoms with Crippen LogP contribution in [-0.4, -0.2) is 34.0 Å². The molecule has 0 aromatic carbocycles. The van der Waals surface area contributed by atoms with Crippen LogP contribution in [0, 0.1) is 11.3 Å². The van der Waals surface area contributed by atoms with Crippen LogP contribution < -0.4 is 0 Å². The summed E-state index contributed by atoms with van der Waals surface area (Å²) in [5, 5.41) is 9.42. The molecule has 1 amide bonds. The van der Waals surface area contributed by atoms with Crippen molar-refractivity contribution in [2.45, 2.75) is 52.0 Å². The highest BCUT2D eigenvalue weighted by atomic mass is 16.4. The molecule has 1 aliphatic carbocycles. The minimum Gasteiger partial charge on any atom is -0.479 e.